The standard InChI is InChI=1S/C26H26N4O3/c1-15(31)24-18-9-5-6-10-22(18)30(28-24)14-23(32)29-13-17-11-20(17)25(29)26(33)27-21-12-19(21)16-7-3-2-4-8-16/h2-10,17,19-21,25H,11-14H2,1H3,(H,27,33)/t17-,19-,20-,21+,25+/m1/s1. The largest absolute Gasteiger partial charge is 0.351 e. The second kappa shape index (κ2) is 7.54. The van der Waals surface area contributed by atoms with Crippen LogP contribution in [-0.2, 0) is 16.1 Å². The number of rotatable bonds is 6. The maximum Gasteiger partial charge on any atom is 0.245 e. The van der Waals surface area contributed by atoms with Crippen molar-refractivity contribution in [1.29, 1.82) is 0 Å². The van der Waals surface area contributed by atoms with Gasteiger partial charge >= 0.3 is 0 Å². The van der Waals surface area contributed by atoms with Gasteiger partial charge in [0, 0.05) is 30.8 Å². The average Bonchev–Trinajstić information content (AvgIpc) is 3.70. The van der Waals surface area contributed by atoms with Crippen LogP contribution in [0.4, 0.5) is 0 Å². The van der Waals surface area contributed by atoms with E-state index in [4.69, 9.17) is 0 Å². The first-order chi connectivity index (χ1) is 16.0. The summed E-state index contributed by atoms with van der Waals surface area (Å²) in [5.41, 5.74) is 2.38. The van der Waals surface area contributed by atoms with E-state index >= 15 is 0 Å². The van der Waals surface area contributed by atoms with Crippen LogP contribution in [0.3, 0.4) is 0 Å². The number of ketones is 1. The Bertz CT molecular complexity index is 1270. The second-order valence-corrected chi connectivity index (χ2v) is 9.60. The molecule has 3 aromatic rings. The normalized spacial score (nSPS) is 27.3. The minimum Gasteiger partial charge on any atom is -0.351 e. The number of aromatic nitrogens is 2. The van der Waals surface area contributed by atoms with Gasteiger partial charge in [-0.1, -0.05) is 48.5 Å². The van der Waals surface area contributed by atoms with E-state index in [1.807, 2.05) is 42.5 Å². The van der Waals surface area contributed by atoms with Crippen molar-refractivity contribution in [2.75, 3.05) is 6.54 Å². The number of nitrogens with one attached hydrogen (secondary N) is 1. The summed E-state index contributed by atoms with van der Waals surface area (Å²) in [6.45, 7) is 2.12. The minimum absolute atomic E-state index is 0.0209. The first kappa shape index (κ1) is 20.1. The Morgan fingerprint density at radius 2 is 1.79 bits per heavy atom. The maximum absolute atomic E-state index is 13.3. The summed E-state index contributed by atoms with van der Waals surface area (Å²) in [5, 5.41) is 8.37. The van der Waals surface area contributed by atoms with Gasteiger partial charge in [0.15, 0.2) is 5.78 Å². The first-order valence-corrected chi connectivity index (χ1v) is 11.6. The molecular weight excluding hydrogens is 416 g/mol. The molecule has 2 amide bonds. The number of Topliss-reactive ketones (excluding diaryl/α,β-unsaturated/α-hetero) is 1. The van der Waals surface area contributed by atoms with E-state index in [1.165, 1.54) is 12.5 Å². The highest BCUT2D eigenvalue weighted by Gasteiger charge is 2.57. The van der Waals surface area contributed by atoms with Crippen LogP contribution in [0.5, 0.6) is 0 Å². The van der Waals surface area contributed by atoms with Crippen molar-refractivity contribution in [3.63, 3.8) is 0 Å². The quantitative estimate of drug-likeness (QED) is 0.595. The zero-order valence-electron chi connectivity index (χ0n) is 18.5. The molecule has 6 rings (SSSR count). The molecule has 1 saturated heterocycles. The van der Waals surface area contributed by atoms with Crippen LogP contribution in [0.25, 0.3) is 10.9 Å². The highest BCUT2D eigenvalue weighted by molar-refractivity contribution is 6.05. The van der Waals surface area contributed by atoms with Crippen LogP contribution in [0.15, 0.2) is 54.6 Å². The molecule has 1 aromatic heterocycles. The molecule has 33 heavy (non-hydrogen) atoms. The summed E-state index contributed by atoms with van der Waals surface area (Å²) in [7, 11) is 0. The van der Waals surface area contributed by atoms with Crippen molar-refractivity contribution in [2.45, 2.75) is 44.3 Å². The SMILES string of the molecule is CC(=O)c1nn(CC(=O)N2C[C@H]3C[C@H]3[C@H]2C(=O)N[C@H]2C[C@@H]2c2ccccc2)c2ccccc12. The molecule has 3 fully saturated rings. The Hall–Kier alpha value is -3.48. The third-order valence-electron chi connectivity index (χ3n) is 7.36. The van der Waals surface area contributed by atoms with Gasteiger partial charge in [-0.05, 0) is 36.3 Å². The van der Waals surface area contributed by atoms with Crippen molar-refractivity contribution >= 4 is 28.5 Å². The van der Waals surface area contributed by atoms with E-state index in [0.717, 1.165) is 23.7 Å². The molecule has 168 valence electrons. The number of likely N-dealkylation sites (tertiary alicyclic amines) is 1. The van der Waals surface area contributed by atoms with Gasteiger partial charge in [0.2, 0.25) is 11.8 Å². The molecule has 2 aromatic carbocycles. The Balaban J connectivity index is 1.17. The van der Waals surface area contributed by atoms with E-state index in [0.29, 0.717) is 24.1 Å². The molecule has 7 nitrogen and oxygen atoms in total. The van der Waals surface area contributed by atoms with E-state index in [-0.39, 0.29) is 36.1 Å². The lowest BCUT2D eigenvalue weighted by atomic mass is 10.1. The summed E-state index contributed by atoms with van der Waals surface area (Å²) in [6.07, 6.45) is 1.95. The van der Waals surface area contributed by atoms with Crippen molar-refractivity contribution < 1.29 is 14.4 Å². The average molecular weight is 443 g/mol. The smallest absolute Gasteiger partial charge is 0.245 e. The number of hydrogen-bond acceptors (Lipinski definition) is 4. The Morgan fingerprint density at radius 3 is 2.58 bits per heavy atom. The Morgan fingerprint density at radius 1 is 1.03 bits per heavy atom. The van der Waals surface area contributed by atoms with Gasteiger partial charge in [0.25, 0.3) is 0 Å². The van der Waals surface area contributed by atoms with Gasteiger partial charge in [-0.15, -0.1) is 0 Å². The second-order valence-electron chi connectivity index (χ2n) is 9.60. The molecule has 7 heteroatoms. The van der Waals surface area contributed by atoms with Crippen molar-refractivity contribution in [2.24, 2.45) is 11.8 Å². The first-order valence-electron chi connectivity index (χ1n) is 11.6. The summed E-state index contributed by atoms with van der Waals surface area (Å²) in [4.78, 5) is 40.3. The fourth-order valence-corrected chi connectivity index (χ4v) is 5.48. The molecule has 3 aliphatic rings. The van der Waals surface area contributed by atoms with Crippen LogP contribution in [0, 0.1) is 11.8 Å². The third-order valence-corrected chi connectivity index (χ3v) is 7.36. The number of fused-ring (bicyclic) bond motifs is 2. The molecule has 0 spiro atoms. The fraction of sp³-hybridized carbons (Fsp3) is 0.385. The van der Waals surface area contributed by atoms with E-state index in [2.05, 4.69) is 22.5 Å². The number of piperidine rings is 1. The monoisotopic (exact) mass is 442 g/mol. The van der Waals surface area contributed by atoms with Crippen LogP contribution in [-0.4, -0.2) is 50.9 Å². The summed E-state index contributed by atoms with van der Waals surface area (Å²) >= 11 is 0. The number of benzene rings is 2. The van der Waals surface area contributed by atoms with Crippen LogP contribution in [0.1, 0.15) is 41.7 Å². The van der Waals surface area contributed by atoms with Gasteiger partial charge in [-0.25, -0.2) is 0 Å². The number of nitrogens with zero attached hydrogens (tertiary/aromatic N) is 3. The Kier molecular flexibility index (Phi) is 4.60. The molecule has 0 radical (unpaired) electrons. The van der Waals surface area contributed by atoms with Crippen molar-refractivity contribution in [3.8, 4) is 0 Å². The maximum atomic E-state index is 13.3. The van der Waals surface area contributed by atoms with Gasteiger partial charge in [0.05, 0.1) is 5.52 Å². The molecule has 2 heterocycles. The Labute approximate surface area is 191 Å². The predicted octanol–water partition coefficient (Wildman–Crippen LogP) is 2.76. The fourth-order valence-electron chi connectivity index (χ4n) is 5.48. The topological polar surface area (TPSA) is 84.3 Å². The van der Waals surface area contributed by atoms with Crippen LogP contribution in [0.2, 0.25) is 0 Å². The van der Waals surface area contributed by atoms with Crippen LogP contribution >= 0.6 is 0 Å². The number of carbonyl (C=O) groups is 3. The van der Waals surface area contributed by atoms with E-state index in [9.17, 15) is 14.4 Å². The van der Waals surface area contributed by atoms with Gasteiger partial charge in [0.1, 0.15) is 18.3 Å². The molecule has 5 atom stereocenters. The minimum atomic E-state index is -0.409. The third kappa shape index (κ3) is 3.52. The van der Waals surface area contributed by atoms with E-state index in [1.54, 1.807) is 9.58 Å². The molecular formula is C26H26N4O3. The van der Waals surface area contributed by atoms with Crippen LogP contribution < -0.4 is 5.32 Å². The summed E-state index contributed by atoms with van der Waals surface area (Å²) in [6, 6.07) is 17.4. The van der Waals surface area contributed by atoms with Gasteiger partial charge in [-0.3, -0.25) is 19.1 Å². The lowest BCUT2D eigenvalue weighted by Gasteiger charge is -2.27. The number of carbonyl (C=O) groups excluding carboxylic acids is 3. The number of para-hydroxylation sites is 1. The number of hydrogen-bond donors (Lipinski definition) is 1. The lowest BCUT2D eigenvalue weighted by Crippen LogP contribution is -2.50. The molecule has 2 aliphatic carbocycles. The van der Waals surface area contributed by atoms with Gasteiger partial charge < -0.3 is 10.2 Å². The van der Waals surface area contributed by atoms with Crippen molar-refractivity contribution in [3.05, 3.63) is 65.9 Å². The van der Waals surface area contributed by atoms with Crippen molar-refractivity contribution in [1.82, 2.24) is 20.0 Å². The predicted molar refractivity (Wildman–Crippen MR) is 123 cm³/mol. The highest BCUT2D eigenvalue weighted by Crippen LogP contribution is 2.50. The number of amides is 2. The lowest BCUT2D eigenvalue weighted by molar-refractivity contribution is -0.140. The summed E-state index contributed by atoms with van der Waals surface area (Å²) in [5.74, 6) is 0.735. The molecule has 2 saturated carbocycles. The molecule has 1 aliphatic heterocycles. The molecule has 0 bridgehead atoms. The molecule has 1 N–H and O–H groups in total. The van der Waals surface area contributed by atoms with E-state index < -0.39 is 6.04 Å². The zero-order chi connectivity index (χ0) is 22.7. The highest BCUT2D eigenvalue weighted by atomic mass is 16.2. The molecule has 0 unspecified atom stereocenters. The summed E-state index contributed by atoms with van der Waals surface area (Å²) < 4.78 is 1.60. The van der Waals surface area contributed by atoms with Gasteiger partial charge in [-0.2, -0.15) is 5.10 Å². The zero-order valence-corrected chi connectivity index (χ0v) is 18.5.